The van der Waals surface area contributed by atoms with E-state index >= 15 is 0 Å². The van der Waals surface area contributed by atoms with E-state index in [4.69, 9.17) is 0 Å². The molecule has 0 aliphatic rings. The molecule has 156 valence electrons. The van der Waals surface area contributed by atoms with Crippen LogP contribution in [0.2, 0.25) is 0 Å². The second kappa shape index (κ2) is 8.36. The highest BCUT2D eigenvalue weighted by atomic mass is 16.2. The van der Waals surface area contributed by atoms with Crippen LogP contribution in [0.3, 0.4) is 0 Å². The van der Waals surface area contributed by atoms with Gasteiger partial charge in [0.25, 0.3) is 5.91 Å². The number of anilines is 2. The van der Waals surface area contributed by atoms with E-state index < -0.39 is 11.1 Å². The van der Waals surface area contributed by atoms with Crippen molar-refractivity contribution in [3.63, 3.8) is 0 Å². The number of rotatable bonds is 5. The number of hydrogen-bond acceptors (Lipinski definition) is 4. The molecular weight excluding hydrogens is 384 g/mol. The molecule has 2 amide bonds. The van der Waals surface area contributed by atoms with Gasteiger partial charge in [-0.05, 0) is 49.7 Å². The Hall–Kier alpha value is -3.68. The molecule has 1 heterocycles. The maximum Gasteiger partial charge on any atom is 0.316 e. The first kappa shape index (κ1) is 21.0. The minimum atomic E-state index is -0.730. The zero-order valence-electron chi connectivity index (χ0n) is 17.3. The van der Waals surface area contributed by atoms with Gasteiger partial charge in [-0.15, -0.1) is 0 Å². The minimum absolute atomic E-state index is 0.114. The van der Waals surface area contributed by atoms with Crippen molar-refractivity contribution in [1.82, 2.24) is 9.55 Å². The third kappa shape index (κ3) is 4.17. The predicted octanol–water partition coefficient (Wildman–Crippen LogP) is 2.86. The molecule has 2 aromatic carbocycles. The summed E-state index contributed by atoms with van der Waals surface area (Å²) < 4.78 is 1.36. The number of aromatic nitrogens is 2. The van der Waals surface area contributed by atoms with E-state index in [0.717, 1.165) is 5.56 Å². The fourth-order valence-corrected chi connectivity index (χ4v) is 3.05. The maximum atomic E-state index is 12.8. The molecule has 30 heavy (non-hydrogen) atoms. The number of carbonyl (C=O) groups is 2. The molecule has 0 atom stereocenters. The van der Waals surface area contributed by atoms with Crippen LogP contribution < -0.4 is 21.8 Å². The lowest BCUT2D eigenvalue weighted by Crippen LogP contribution is -2.36. The summed E-state index contributed by atoms with van der Waals surface area (Å²) in [6, 6.07) is 10.1. The van der Waals surface area contributed by atoms with Gasteiger partial charge in [0.1, 0.15) is 0 Å². The van der Waals surface area contributed by atoms with Crippen molar-refractivity contribution in [3.05, 3.63) is 68.2 Å². The normalized spacial score (nSPS) is 11.0. The largest absolute Gasteiger partial charge is 0.326 e. The Morgan fingerprint density at radius 3 is 2.47 bits per heavy atom. The number of H-pyrrole nitrogens is 1. The van der Waals surface area contributed by atoms with E-state index in [1.165, 1.54) is 10.6 Å². The lowest BCUT2D eigenvalue weighted by Gasteiger charge is -2.13. The summed E-state index contributed by atoms with van der Waals surface area (Å²) in [5.74, 6) is -0.649. The van der Waals surface area contributed by atoms with Crippen molar-refractivity contribution in [2.75, 3.05) is 10.6 Å². The van der Waals surface area contributed by atoms with Gasteiger partial charge in [0.15, 0.2) is 0 Å². The Kier molecular flexibility index (Phi) is 5.86. The molecule has 8 heteroatoms. The zero-order chi connectivity index (χ0) is 22.0. The minimum Gasteiger partial charge on any atom is -0.326 e. The topological polar surface area (TPSA) is 113 Å². The van der Waals surface area contributed by atoms with Crippen molar-refractivity contribution in [1.29, 1.82) is 0 Å². The monoisotopic (exact) mass is 408 g/mol. The number of hydrogen-bond donors (Lipinski definition) is 3. The lowest BCUT2D eigenvalue weighted by molar-refractivity contribution is -0.118. The van der Waals surface area contributed by atoms with Crippen molar-refractivity contribution in [2.45, 2.75) is 34.2 Å². The van der Waals surface area contributed by atoms with Gasteiger partial charge in [0.2, 0.25) is 5.91 Å². The number of aryl methyl sites for hydroxylation is 2. The molecule has 0 saturated heterocycles. The van der Waals surface area contributed by atoms with E-state index in [1.807, 2.05) is 13.0 Å². The van der Waals surface area contributed by atoms with E-state index in [9.17, 15) is 19.2 Å². The Morgan fingerprint density at radius 1 is 1.07 bits per heavy atom. The SMILES string of the molecule is CCn1c(=O)c(=O)[nH]c2cc(C(=O)Nc3cc(NC(=O)C(C)C)ccc3C)ccc21. The molecule has 1 aromatic heterocycles. The van der Waals surface area contributed by atoms with Crippen LogP contribution in [0, 0.1) is 12.8 Å². The van der Waals surface area contributed by atoms with Crippen molar-refractivity contribution in [2.24, 2.45) is 5.92 Å². The van der Waals surface area contributed by atoms with Crippen molar-refractivity contribution < 1.29 is 9.59 Å². The molecule has 0 spiro atoms. The average Bonchev–Trinajstić information content (AvgIpc) is 2.71. The van der Waals surface area contributed by atoms with Crippen LogP contribution in [-0.2, 0) is 11.3 Å². The number of amides is 2. The summed E-state index contributed by atoms with van der Waals surface area (Å²) >= 11 is 0. The first-order valence-corrected chi connectivity index (χ1v) is 9.71. The molecule has 0 saturated carbocycles. The van der Waals surface area contributed by atoms with Crippen LogP contribution in [-0.4, -0.2) is 21.4 Å². The second-order valence-corrected chi connectivity index (χ2v) is 7.36. The molecule has 0 aliphatic carbocycles. The van der Waals surface area contributed by atoms with E-state index in [2.05, 4.69) is 15.6 Å². The van der Waals surface area contributed by atoms with Gasteiger partial charge >= 0.3 is 11.1 Å². The summed E-state index contributed by atoms with van der Waals surface area (Å²) in [5.41, 5.74) is 1.91. The predicted molar refractivity (Wildman–Crippen MR) is 117 cm³/mol. The highest BCUT2D eigenvalue weighted by molar-refractivity contribution is 6.06. The van der Waals surface area contributed by atoms with Gasteiger partial charge in [-0.3, -0.25) is 19.2 Å². The summed E-state index contributed by atoms with van der Waals surface area (Å²) in [7, 11) is 0. The standard InChI is InChI=1S/C22H24N4O4/c1-5-26-18-9-7-14(10-17(18)25-21(29)22(26)30)20(28)24-16-11-15(8-6-13(16)4)23-19(27)12(2)3/h6-12H,5H2,1-4H3,(H,23,27)(H,24,28)(H,25,29). The molecule has 0 radical (unpaired) electrons. The van der Waals surface area contributed by atoms with Gasteiger partial charge in [0, 0.05) is 29.4 Å². The number of nitrogens with one attached hydrogen (secondary N) is 3. The molecule has 8 nitrogen and oxygen atoms in total. The van der Waals surface area contributed by atoms with Crippen LogP contribution in [0.4, 0.5) is 11.4 Å². The number of nitrogens with zero attached hydrogens (tertiary/aromatic N) is 1. The van der Waals surface area contributed by atoms with Crippen molar-refractivity contribution in [3.8, 4) is 0 Å². The smallest absolute Gasteiger partial charge is 0.316 e. The number of aromatic amines is 1. The van der Waals surface area contributed by atoms with E-state index in [0.29, 0.717) is 34.5 Å². The summed E-state index contributed by atoms with van der Waals surface area (Å²) in [4.78, 5) is 51.1. The van der Waals surface area contributed by atoms with Gasteiger partial charge < -0.3 is 20.2 Å². The molecule has 0 bridgehead atoms. The third-order valence-electron chi connectivity index (χ3n) is 4.83. The highest BCUT2D eigenvalue weighted by Crippen LogP contribution is 2.22. The quantitative estimate of drug-likeness (QED) is 0.563. The molecule has 3 aromatic rings. The van der Waals surface area contributed by atoms with Crippen molar-refractivity contribution >= 4 is 34.2 Å². The molecular formula is C22H24N4O4. The molecule has 0 unspecified atom stereocenters. The first-order valence-electron chi connectivity index (χ1n) is 9.71. The van der Waals surface area contributed by atoms with Crippen LogP contribution in [0.15, 0.2) is 46.0 Å². The van der Waals surface area contributed by atoms with Crippen LogP contribution in [0.25, 0.3) is 11.0 Å². The number of fused-ring (bicyclic) bond motifs is 1. The van der Waals surface area contributed by atoms with Gasteiger partial charge in [-0.25, -0.2) is 0 Å². The third-order valence-corrected chi connectivity index (χ3v) is 4.83. The molecule has 0 aliphatic heterocycles. The molecule has 3 rings (SSSR count). The summed E-state index contributed by atoms with van der Waals surface area (Å²) in [6.45, 7) is 7.57. The Balaban J connectivity index is 1.92. The zero-order valence-corrected chi connectivity index (χ0v) is 17.3. The fraction of sp³-hybridized carbons (Fsp3) is 0.273. The van der Waals surface area contributed by atoms with Crippen LogP contribution >= 0.6 is 0 Å². The van der Waals surface area contributed by atoms with E-state index in [-0.39, 0.29) is 17.7 Å². The summed E-state index contributed by atoms with van der Waals surface area (Å²) in [5, 5.41) is 5.65. The molecule has 3 N–H and O–H groups in total. The lowest BCUT2D eigenvalue weighted by atomic mass is 10.1. The maximum absolute atomic E-state index is 12.8. The highest BCUT2D eigenvalue weighted by Gasteiger charge is 2.13. The van der Waals surface area contributed by atoms with Gasteiger partial charge in [0.05, 0.1) is 11.0 Å². The first-order chi connectivity index (χ1) is 14.2. The van der Waals surface area contributed by atoms with Gasteiger partial charge in [-0.1, -0.05) is 19.9 Å². The van der Waals surface area contributed by atoms with E-state index in [1.54, 1.807) is 45.0 Å². The molecule has 0 fully saturated rings. The number of carbonyl (C=O) groups excluding carboxylic acids is 2. The van der Waals surface area contributed by atoms with Crippen LogP contribution in [0.5, 0.6) is 0 Å². The fourth-order valence-electron chi connectivity index (χ4n) is 3.05. The summed E-state index contributed by atoms with van der Waals surface area (Å²) in [6.07, 6.45) is 0. The Labute approximate surface area is 172 Å². The second-order valence-electron chi connectivity index (χ2n) is 7.36. The average molecular weight is 408 g/mol. The van der Waals surface area contributed by atoms with Crippen LogP contribution in [0.1, 0.15) is 36.7 Å². The Morgan fingerprint density at radius 2 is 1.80 bits per heavy atom. The number of benzene rings is 2. The Bertz CT molecular complexity index is 1250. The van der Waals surface area contributed by atoms with Gasteiger partial charge in [-0.2, -0.15) is 0 Å².